The second kappa shape index (κ2) is 7.40. The summed E-state index contributed by atoms with van der Waals surface area (Å²) in [5.74, 6) is 0.668. The van der Waals surface area contributed by atoms with E-state index in [0.717, 1.165) is 20.1 Å². The van der Waals surface area contributed by atoms with Crippen LogP contribution in [0.1, 0.15) is 23.6 Å². The molecule has 1 aliphatic heterocycles. The van der Waals surface area contributed by atoms with Gasteiger partial charge in [-0.2, -0.15) is 10.1 Å². The Balaban J connectivity index is 1.59. The maximum absolute atomic E-state index is 13.0. The molecule has 1 N–H and O–H groups in total. The third-order valence-electron chi connectivity index (χ3n) is 4.20. The molecule has 0 unspecified atom stereocenters. The maximum Gasteiger partial charge on any atom is 0.229 e. The molecule has 0 saturated heterocycles. The smallest absolute Gasteiger partial charge is 0.229 e. The van der Waals surface area contributed by atoms with E-state index in [9.17, 15) is 9.18 Å². The summed E-state index contributed by atoms with van der Waals surface area (Å²) in [5, 5.41) is 6.91. The molecule has 1 aromatic heterocycles. The summed E-state index contributed by atoms with van der Waals surface area (Å²) < 4.78 is 22.1. The van der Waals surface area contributed by atoms with E-state index in [2.05, 4.69) is 47.3 Å². The lowest BCUT2D eigenvalue weighted by Gasteiger charge is -2.24. The van der Waals surface area contributed by atoms with Gasteiger partial charge in [-0.25, -0.2) is 9.07 Å². The summed E-state index contributed by atoms with van der Waals surface area (Å²) in [6, 6.07) is 9.70. The van der Waals surface area contributed by atoms with Crippen molar-refractivity contribution in [2.45, 2.75) is 19.1 Å². The van der Waals surface area contributed by atoms with Crippen LogP contribution in [-0.2, 0) is 11.4 Å². The van der Waals surface area contributed by atoms with Gasteiger partial charge in [0, 0.05) is 0 Å². The van der Waals surface area contributed by atoms with Gasteiger partial charge < -0.3 is 4.74 Å². The van der Waals surface area contributed by atoms with Crippen molar-refractivity contribution >= 4 is 43.7 Å². The Labute approximate surface area is 171 Å². The number of aromatic nitrogens is 3. The van der Waals surface area contributed by atoms with Gasteiger partial charge >= 0.3 is 0 Å². The first kappa shape index (κ1) is 18.1. The molecule has 138 valence electrons. The van der Waals surface area contributed by atoms with E-state index in [-0.39, 0.29) is 24.2 Å². The summed E-state index contributed by atoms with van der Waals surface area (Å²) in [4.78, 5) is 16.0. The van der Waals surface area contributed by atoms with E-state index in [1.54, 1.807) is 16.8 Å². The molecule has 0 radical (unpaired) electrons. The monoisotopic (exact) mass is 494 g/mol. The Morgan fingerprint density at radius 1 is 1.22 bits per heavy atom. The number of fused-ring (bicyclic) bond motifs is 1. The molecular formula is C18H13Br2FN4O2. The van der Waals surface area contributed by atoms with Crippen molar-refractivity contribution in [3.8, 4) is 5.75 Å². The summed E-state index contributed by atoms with van der Waals surface area (Å²) in [7, 11) is 0. The molecule has 0 spiro atoms. The van der Waals surface area contributed by atoms with Gasteiger partial charge in [0.1, 0.15) is 24.5 Å². The Kier molecular flexibility index (Phi) is 4.96. The molecule has 2 aromatic carbocycles. The number of hydrogen-bond donors (Lipinski definition) is 1. The van der Waals surface area contributed by atoms with Crippen molar-refractivity contribution < 1.29 is 13.9 Å². The van der Waals surface area contributed by atoms with Crippen LogP contribution in [0, 0.1) is 5.82 Å². The molecule has 1 amide bonds. The molecule has 9 heteroatoms. The molecule has 0 bridgehead atoms. The van der Waals surface area contributed by atoms with Gasteiger partial charge in [-0.15, -0.1) is 0 Å². The fourth-order valence-corrected chi connectivity index (χ4v) is 4.36. The number of rotatable bonds is 4. The lowest BCUT2D eigenvalue weighted by atomic mass is 10.0. The van der Waals surface area contributed by atoms with Gasteiger partial charge in [0.05, 0.1) is 21.4 Å². The average Bonchev–Trinajstić information content (AvgIpc) is 3.10. The molecule has 0 fully saturated rings. The highest BCUT2D eigenvalue weighted by Crippen LogP contribution is 2.39. The third kappa shape index (κ3) is 3.74. The normalized spacial score (nSPS) is 16.0. The number of nitrogens with one attached hydrogen (secondary N) is 1. The topological polar surface area (TPSA) is 69.0 Å². The third-order valence-corrected chi connectivity index (χ3v) is 5.38. The molecule has 2 heterocycles. The van der Waals surface area contributed by atoms with Gasteiger partial charge in [0.15, 0.2) is 0 Å². The molecular weight excluding hydrogens is 483 g/mol. The molecule has 4 rings (SSSR count). The Bertz CT molecular complexity index is 984. The molecule has 1 atom stereocenters. The van der Waals surface area contributed by atoms with Crippen molar-refractivity contribution in [1.82, 2.24) is 14.8 Å². The minimum atomic E-state index is -0.283. The fourth-order valence-electron chi connectivity index (χ4n) is 2.91. The van der Waals surface area contributed by atoms with E-state index in [0.29, 0.717) is 18.3 Å². The first-order valence-electron chi connectivity index (χ1n) is 8.07. The van der Waals surface area contributed by atoms with Crippen LogP contribution in [-0.4, -0.2) is 20.7 Å². The molecule has 1 aliphatic rings. The number of halogens is 3. The zero-order chi connectivity index (χ0) is 19.0. The van der Waals surface area contributed by atoms with Crippen molar-refractivity contribution in [2.75, 3.05) is 5.32 Å². The number of benzene rings is 2. The first-order chi connectivity index (χ1) is 13.0. The van der Waals surface area contributed by atoms with Gasteiger partial charge in [-0.05, 0) is 67.3 Å². The highest BCUT2D eigenvalue weighted by molar-refractivity contribution is 9.11. The van der Waals surface area contributed by atoms with Crippen LogP contribution in [0.15, 0.2) is 51.7 Å². The molecule has 6 nitrogen and oxygen atoms in total. The number of hydrogen-bond acceptors (Lipinski definition) is 4. The van der Waals surface area contributed by atoms with Crippen molar-refractivity contribution in [3.05, 3.63) is 68.6 Å². The van der Waals surface area contributed by atoms with Crippen LogP contribution in [0.5, 0.6) is 5.75 Å². The van der Waals surface area contributed by atoms with Crippen molar-refractivity contribution in [3.63, 3.8) is 0 Å². The number of carbonyl (C=O) groups is 1. The highest BCUT2D eigenvalue weighted by Gasteiger charge is 2.28. The number of nitrogens with zero attached hydrogens (tertiary/aromatic N) is 3. The standard InChI is InChI=1S/C18H13Br2FN4O2/c19-13-5-11(15-7-16(26)24-18-22-9-23-25(15)18)6-14(20)17(13)27-8-10-1-3-12(21)4-2-10/h1-6,9,15H,7-8H2,(H,22,23,24,26)/t15-/m1/s1. The minimum Gasteiger partial charge on any atom is -0.487 e. The maximum atomic E-state index is 13.0. The van der Waals surface area contributed by atoms with Gasteiger partial charge in [-0.3, -0.25) is 10.1 Å². The average molecular weight is 496 g/mol. The van der Waals surface area contributed by atoms with E-state index in [1.807, 2.05) is 12.1 Å². The molecule has 3 aromatic rings. The van der Waals surface area contributed by atoms with Crippen LogP contribution < -0.4 is 10.1 Å². The molecule has 27 heavy (non-hydrogen) atoms. The summed E-state index contributed by atoms with van der Waals surface area (Å²) in [6.45, 7) is 0.301. The quantitative estimate of drug-likeness (QED) is 0.580. The lowest BCUT2D eigenvalue weighted by molar-refractivity contribution is -0.117. The Hall–Kier alpha value is -2.26. The van der Waals surface area contributed by atoms with E-state index >= 15 is 0 Å². The van der Waals surface area contributed by atoms with Crippen LogP contribution in [0.25, 0.3) is 0 Å². The number of amides is 1. The fraction of sp³-hybridized carbons (Fsp3) is 0.167. The van der Waals surface area contributed by atoms with Gasteiger partial charge in [0.25, 0.3) is 0 Å². The van der Waals surface area contributed by atoms with Crippen LogP contribution in [0.4, 0.5) is 10.3 Å². The predicted molar refractivity (Wildman–Crippen MR) is 104 cm³/mol. The lowest BCUT2D eigenvalue weighted by Crippen LogP contribution is -2.29. The number of ether oxygens (including phenoxy) is 1. The second-order valence-corrected chi connectivity index (χ2v) is 7.73. The second-order valence-electron chi connectivity index (χ2n) is 6.03. The van der Waals surface area contributed by atoms with Crippen molar-refractivity contribution in [1.29, 1.82) is 0 Å². The zero-order valence-electron chi connectivity index (χ0n) is 13.8. The van der Waals surface area contributed by atoms with E-state index < -0.39 is 0 Å². The zero-order valence-corrected chi connectivity index (χ0v) is 17.0. The largest absolute Gasteiger partial charge is 0.487 e. The Morgan fingerprint density at radius 3 is 2.63 bits per heavy atom. The van der Waals surface area contributed by atoms with Crippen LogP contribution >= 0.6 is 31.9 Å². The summed E-state index contributed by atoms with van der Waals surface area (Å²) in [6.07, 6.45) is 1.68. The number of anilines is 1. The van der Waals surface area contributed by atoms with Crippen molar-refractivity contribution in [2.24, 2.45) is 0 Å². The summed E-state index contributed by atoms with van der Waals surface area (Å²) >= 11 is 7.07. The Morgan fingerprint density at radius 2 is 1.93 bits per heavy atom. The SMILES string of the molecule is O=C1C[C@H](c2cc(Br)c(OCc3ccc(F)cc3)c(Br)c2)n2ncnc2N1. The molecule has 0 saturated carbocycles. The highest BCUT2D eigenvalue weighted by atomic mass is 79.9. The van der Waals surface area contributed by atoms with Crippen LogP contribution in [0.3, 0.4) is 0 Å². The van der Waals surface area contributed by atoms with Crippen LogP contribution in [0.2, 0.25) is 0 Å². The van der Waals surface area contributed by atoms with Gasteiger partial charge in [0.2, 0.25) is 11.9 Å². The minimum absolute atomic E-state index is 0.107. The summed E-state index contributed by atoms with van der Waals surface area (Å²) in [5.41, 5.74) is 1.75. The van der Waals surface area contributed by atoms with E-state index in [1.165, 1.54) is 18.5 Å². The molecule has 0 aliphatic carbocycles. The van der Waals surface area contributed by atoms with E-state index in [4.69, 9.17) is 4.74 Å². The first-order valence-corrected chi connectivity index (χ1v) is 9.65. The predicted octanol–water partition coefficient (Wildman–Crippen LogP) is 4.45. The number of carbonyl (C=O) groups excluding carboxylic acids is 1. The van der Waals surface area contributed by atoms with Gasteiger partial charge in [-0.1, -0.05) is 12.1 Å².